The molecule has 0 atom stereocenters. The lowest BCUT2D eigenvalue weighted by Gasteiger charge is -2.54. The van der Waals surface area contributed by atoms with Crippen molar-refractivity contribution in [2.45, 2.75) is 70.8 Å². The third kappa shape index (κ3) is 6.43. The van der Waals surface area contributed by atoms with Gasteiger partial charge in [-0.3, -0.25) is 14.3 Å². The number of carbonyl (C=O) groups is 1. The van der Waals surface area contributed by atoms with Crippen LogP contribution in [0.1, 0.15) is 64.6 Å². The number of likely N-dealkylation sites (tertiary alicyclic amines) is 1. The van der Waals surface area contributed by atoms with Crippen molar-refractivity contribution in [1.82, 2.24) is 14.5 Å². The highest BCUT2D eigenvalue weighted by Gasteiger charge is 2.48. The van der Waals surface area contributed by atoms with Crippen molar-refractivity contribution >= 4 is 44.1 Å². The van der Waals surface area contributed by atoms with E-state index in [1.54, 1.807) is 49.8 Å². The zero-order valence-corrected chi connectivity index (χ0v) is 31.2. The monoisotopic (exact) mass is 742 g/mol. The van der Waals surface area contributed by atoms with Gasteiger partial charge in [-0.25, -0.2) is 22.0 Å². The van der Waals surface area contributed by atoms with Crippen LogP contribution in [-0.2, 0) is 14.6 Å². The molecule has 2 saturated heterocycles. The van der Waals surface area contributed by atoms with Crippen molar-refractivity contribution in [3.8, 4) is 22.6 Å². The number of phenolic OH excluding ortho intramolecular Hbond substituents is 1. The van der Waals surface area contributed by atoms with Crippen LogP contribution in [0.3, 0.4) is 0 Å². The highest BCUT2D eigenvalue weighted by atomic mass is 35.5. The van der Waals surface area contributed by atoms with E-state index >= 15 is 8.78 Å². The molecular weight excluding hydrogens is 702 g/mol. The zero-order chi connectivity index (χ0) is 37.4. The van der Waals surface area contributed by atoms with Gasteiger partial charge in [0.25, 0.3) is 5.56 Å². The van der Waals surface area contributed by atoms with E-state index in [1.807, 2.05) is 13.8 Å². The predicted molar refractivity (Wildman–Crippen MR) is 193 cm³/mol. The quantitative estimate of drug-likeness (QED) is 0.225. The van der Waals surface area contributed by atoms with Crippen LogP contribution in [0.15, 0.2) is 46.2 Å². The molecule has 272 valence electrons. The largest absolute Gasteiger partial charge is 0.507 e. The Hall–Kier alpha value is -4.23. The molecule has 2 aliphatic rings. The summed E-state index contributed by atoms with van der Waals surface area (Å²) in [5, 5.41) is 10.4. The summed E-state index contributed by atoms with van der Waals surface area (Å²) < 4.78 is 66.6. The van der Waals surface area contributed by atoms with E-state index in [1.165, 1.54) is 18.2 Å². The summed E-state index contributed by atoms with van der Waals surface area (Å²) in [4.78, 5) is 34.8. The number of fused-ring (bicyclic) bond motifs is 1. The molecule has 0 radical (unpaired) electrons. The number of hydrogen-bond acceptors (Lipinski definition) is 8. The van der Waals surface area contributed by atoms with Crippen LogP contribution in [0.4, 0.5) is 19.3 Å². The minimum Gasteiger partial charge on any atom is -0.507 e. The molecule has 0 unspecified atom stereocenters. The van der Waals surface area contributed by atoms with Gasteiger partial charge in [0.05, 0.1) is 33.2 Å². The number of phenols is 1. The lowest BCUT2D eigenvalue weighted by atomic mass is 9.72. The number of aryl methyl sites for hydroxylation is 1. The Kier molecular flexibility index (Phi) is 9.15. The fraction of sp³-hybridized carbons (Fsp3) is 0.432. The minimum absolute atomic E-state index is 0.00957. The number of amides is 1. The number of benzene rings is 2. The zero-order valence-electron chi connectivity index (χ0n) is 29.6. The number of nitrogens with zero attached hydrogens (tertiary/aromatic N) is 4. The summed E-state index contributed by atoms with van der Waals surface area (Å²) in [7, 11) is -4.27. The second-order valence-corrected chi connectivity index (χ2v) is 17.4. The van der Waals surface area contributed by atoms with Crippen LogP contribution in [0.5, 0.6) is 5.75 Å². The molecule has 0 bridgehead atoms. The second-order valence-electron chi connectivity index (χ2n) is 15.0. The van der Waals surface area contributed by atoms with Crippen molar-refractivity contribution in [2.24, 2.45) is 5.41 Å². The smallest absolute Gasteiger partial charge is 0.410 e. The van der Waals surface area contributed by atoms with Gasteiger partial charge in [-0.2, -0.15) is 0 Å². The first kappa shape index (κ1) is 36.6. The molecular formula is C37H41ClF2N4O6S. The van der Waals surface area contributed by atoms with E-state index in [0.717, 1.165) is 16.9 Å². The molecule has 4 aromatic rings. The SMILES string of the molecule is Cc1ccnc(C(C)C)c1-n1c(=O)c(S(C)(=O)=O)c(N2CCC3(CC2)CN(C(=O)OC(C)(C)C)C3)c2cc(Cl)c(-c3c(O)cccc3F)c(F)c21. The number of hydrogen-bond donors (Lipinski definition) is 1. The van der Waals surface area contributed by atoms with Gasteiger partial charge in [0.15, 0.2) is 20.5 Å². The molecule has 1 spiro atoms. The molecule has 14 heteroatoms. The van der Waals surface area contributed by atoms with Crippen LogP contribution in [0.25, 0.3) is 27.7 Å². The van der Waals surface area contributed by atoms with Gasteiger partial charge >= 0.3 is 6.09 Å². The van der Waals surface area contributed by atoms with E-state index in [0.29, 0.717) is 50.3 Å². The maximum absolute atomic E-state index is 17.4. The second kappa shape index (κ2) is 12.8. The van der Waals surface area contributed by atoms with Gasteiger partial charge in [-0.05, 0) is 76.3 Å². The first-order chi connectivity index (χ1) is 23.7. The minimum atomic E-state index is -4.27. The number of sulfone groups is 1. The van der Waals surface area contributed by atoms with Crippen LogP contribution in [0.2, 0.25) is 5.02 Å². The van der Waals surface area contributed by atoms with Gasteiger partial charge in [0.1, 0.15) is 17.2 Å². The van der Waals surface area contributed by atoms with Gasteiger partial charge in [-0.15, -0.1) is 0 Å². The van der Waals surface area contributed by atoms with Crippen LogP contribution in [0, 0.1) is 24.0 Å². The standard InChI is InChI=1S/C37H41ClF2N4O6S/c1-20(2)29-30(21(3)11-14-41-29)44-31-22(17-23(38)26(28(31)40)27-24(39)9-8-10-25(27)45)32(33(34(44)46)51(7,48)49)42-15-12-37(13-16-42)18-43(19-37)35(47)50-36(4,5)6/h8-11,14,17,20,45H,12-13,15-16,18-19H2,1-7H3. The summed E-state index contributed by atoms with van der Waals surface area (Å²) >= 11 is 6.75. The van der Waals surface area contributed by atoms with Crippen molar-refractivity contribution in [1.29, 1.82) is 0 Å². The summed E-state index contributed by atoms with van der Waals surface area (Å²) in [6, 6.07) is 6.48. The molecule has 2 fully saturated rings. The lowest BCUT2D eigenvalue weighted by molar-refractivity contribution is -0.0434. The maximum Gasteiger partial charge on any atom is 0.410 e. The van der Waals surface area contributed by atoms with E-state index in [2.05, 4.69) is 4.98 Å². The number of pyridine rings is 2. The van der Waals surface area contributed by atoms with Gasteiger partial charge in [0, 0.05) is 55.0 Å². The summed E-state index contributed by atoms with van der Waals surface area (Å²) in [6.45, 7) is 12.3. The highest BCUT2D eigenvalue weighted by molar-refractivity contribution is 7.90. The first-order valence-electron chi connectivity index (χ1n) is 16.7. The summed E-state index contributed by atoms with van der Waals surface area (Å²) in [5.41, 5.74) is -2.07. The Morgan fingerprint density at radius 3 is 2.29 bits per heavy atom. The molecule has 4 heterocycles. The third-order valence-corrected chi connectivity index (χ3v) is 11.1. The molecule has 51 heavy (non-hydrogen) atoms. The van der Waals surface area contributed by atoms with Crippen molar-refractivity contribution in [3.05, 3.63) is 74.8 Å². The Balaban J connectivity index is 1.60. The average Bonchev–Trinajstić information content (AvgIpc) is 3.00. The lowest BCUT2D eigenvalue weighted by Crippen LogP contribution is -2.62. The summed E-state index contributed by atoms with van der Waals surface area (Å²) in [5.74, 6) is -2.90. The van der Waals surface area contributed by atoms with Crippen molar-refractivity contribution < 1.29 is 31.8 Å². The topological polar surface area (TPSA) is 122 Å². The molecule has 0 saturated carbocycles. The number of rotatable bonds is 5. The number of aromatic hydroxyl groups is 1. The maximum atomic E-state index is 17.4. The first-order valence-corrected chi connectivity index (χ1v) is 19.0. The average molecular weight is 743 g/mol. The van der Waals surface area contributed by atoms with E-state index in [-0.39, 0.29) is 38.6 Å². The van der Waals surface area contributed by atoms with Gasteiger partial charge in [-0.1, -0.05) is 31.5 Å². The predicted octanol–water partition coefficient (Wildman–Crippen LogP) is 7.36. The number of ether oxygens (including phenoxy) is 1. The number of anilines is 1. The summed E-state index contributed by atoms with van der Waals surface area (Å²) in [6.07, 6.45) is 3.19. The third-order valence-electron chi connectivity index (χ3n) is 9.67. The molecule has 2 aliphatic heterocycles. The number of piperidine rings is 1. The van der Waals surface area contributed by atoms with E-state index in [9.17, 15) is 23.1 Å². The number of aromatic nitrogens is 2. The normalized spacial score (nSPS) is 16.2. The molecule has 6 rings (SSSR count). The Bertz CT molecular complexity index is 2230. The van der Waals surface area contributed by atoms with Gasteiger partial charge < -0.3 is 19.6 Å². The van der Waals surface area contributed by atoms with E-state index < -0.39 is 60.5 Å². The molecule has 0 aliphatic carbocycles. The fourth-order valence-corrected chi connectivity index (χ4v) is 8.60. The molecule has 1 N–H and O–H groups in total. The van der Waals surface area contributed by atoms with Crippen molar-refractivity contribution in [2.75, 3.05) is 37.3 Å². The highest BCUT2D eigenvalue weighted by Crippen LogP contribution is 2.47. The molecule has 10 nitrogen and oxygen atoms in total. The van der Waals surface area contributed by atoms with Crippen molar-refractivity contribution in [3.63, 3.8) is 0 Å². The van der Waals surface area contributed by atoms with Crippen LogP contribution in [-0.4, -0.2) is 72.1 Å². The molecule has 1 amide bonds. The molecule has 2 aromatic heterocycles. The Labute approximate surface area is 300 Å². The Morgan fingerprint density at radius 2 is 1.73 bits per heavy atom. The van der Waals surface area contributed by atoms with E-state index in [4.69, 9.17) is 16.3 Å². The van der Waals surface area contributed by atoms with Crippen LogP contribution >= 0.6 is 11.6 Å². The Morgan fingerprint density at radius 1 is 1.08 bits per heavy atom. The molecule has 2 aromatic carbocycles. The fourth-order valence-electron chi connectivity index (χ4n) is 7.31. The number of halogens is 3. The van der Waals surface area contributed by atoms with Gasteiger partial charge in [0.2, 0.25) is 0 Å². The van der Waals surface area contributed by atoms with Crippen LogP contribution < -0.4 is 10.5 Å². The number of carbonyl (C=O) groups excluding carboxylic acids is 1.